The van der Waals surface area contributed by atoms with Crippen LogP contribution >= 0.6 is 0 Å². The monoisotopic (exact) mass is 241 g/mol. The number of methoxy groups -OCH3 is 1. The van der Waals surface area contributed by atoms with Crippen molar-refractivity contribution in [3.05, 3.63) is 0 Å². The van der Waals surface area contributed by atoms with Crippen LogP contribution in [0.15, 0.2) is 4.99 Å². The topological polar surface area (TPSA) is 62.7 Å². The zero-order valence-corrected chi connectivity index (χ0v) is 11.0. The summed E-state index contributed by atoms with van der Waals surface area (Å²) in [6.07, 6.45) is 4.97. The van der Waals surface area contributed by atoms with Crippen LogP contribution in [-0.4, -0.2) is 38.7 Å². The normalized spacial score (nSPS) is 18.9. The highest BCUT2D eigenvalue weighted by molar-refractivity contribution is 5.81. The van der Waals surface area contributed by atoms with Crippen LogP contribution in [0.1, 0.15) is 32.6 Å². The first-order chi connectivity index (χ1) is 8.17. The maximum Gasteiger partial charge on any atom is 0.310 e. The molecule has 0 spiro atoms. The van der Waals surface area contributed by atoms with Gasteiger partial charge in [-0.15, -0.1) is 0 Å². The van der Waals surface area contributed by atoms with Gasteiger partial charge in [-0.3, -0.25) is 9.79 Å². The van der Waals surface area contributed by atoms with Gasteiger partial charge in [-0.2, -0.15) is 0 Å². The Bertz CT molecular complexity index is 273. The maximum atomic E-state index is 11.2. The number of nitrogens with one attached hydrogen (secondary N) is 2. The molecule has 0 aromatic carbocycles. The molecule has 0 radical (unpaired) electrons. The fourth-order valence-electron chi connectivity index (χ4n) is 1.99. The van der Waals surface area contributed by atoms with Crippen molar-refractivity contribution in [1.82, 2.24) is 10.6 Å². The highest BCUT2D eigenvalue weighted by Gasteiger charge is 2.17. The minimum atomic E-state index is -0.200. The molecule has 1 aliphatic carbocycles. The zero-order valence-electron chi connectivity index (χ0n) is 11.0. The van der Waals surface area contributed by atoms with Crippen LogP contribution < -0.4 is 10.6 Å². The third-order valence-corrected chi connectivity index (χ3v) is 3.10. The first-order valence-electron chi connectivity index (χ1n) is 6.22. The Labute approximate surface area is 103 Å². The van der Waals surface area contributed by atoms with E-state index in [1.54, 1.807) is 7.05 Å². The molecule has 0 aliphatic heterocycles. The smallest absolute Gasteiger partial charge is 0.310 e. The Morgan fingerprint density at radius 3 is 2.65 bits per heavy atom. The summed E-state index contributed by atoms with van der Waals surface area (Å²) < 4.78 is 4.67. The number of ether oxygens (including phenoxy) is 1. The number of esters is 1. The predicted molar refractivity (Wildman–Crippen MR) is 67.9 cm³/mol. The summed E-state index contributed by atoms with van der Waals surface area (Å²) in [5.41, 5.74) is 0. The van der Waals surface area contributed by atoms with E-state index in [0.29, 0.717) is 12.6 Å². The highest BCUT2D eigenvalue weighted by Crippen LogP contribution is 2.17. The van der Waals surface area contributed by atoms with Gasteiger partial charge in [0.15, 0.2) is 5.96 Å². The lowest BCUT2D eigenvalue weighted by atomic mass is 10.2. The van der Waals surface area contributed by atoms with Crippen LogP contribution in [0.5, 0.6) is 0 Å². The van der Waals surface area contributed by atoms with Crippen molar-refractivity contribution in [2.24, 2.45) is 10.9 Å². The van der Waals surface area contributed by atoms with Gasteiger partial charge >= 0.3 is 5.97 Å². The van der Waals surface area contributed by atoms with Crippen LogP contribution in [0, 0.1) is 5.92 Å². The molecular weight excluding hydrogens is 218 g/mol. The van der Waals surface area contributed by atoms with Crippen molar-refractivity contribution >= 4 is 11.9 Å². The van der Waals surface area contributed by atoms with E-state index in [9.17, 15) is 4.79 Å². The van der Waals surface area contributed by atoms with Crippen molar-refractivity contribution in [3.63, 3.8) is 0 Å². The molecule has 1 fully saturated rings. The Hall–Kier alpha value is -1.26. The van der Waals surface area contributed by atoms with Crippen LogP contribution in [0.2, 0.25) is 0 Å². The van der Waals surface area contributed by atoms with Gasteiger partial charge in [0.2, 0.25) is 0 Å². The molecule has 1 unspecified atom stereocenters. The summed E-state index contributed by atoms with van der Waals surface area (Å²) in [6, 6.07) is 0.523. The molecule has 0 aromatic rings. The fourth-order valence-corrected chi connectivity index (χ4v) is 1.99. The van der Waals surface area contributed by atoms with Crippen molar-refractivity contribution in [1.29, 1.82) is 0 Å². The zero-order chi connectivity index (χ0) is 12.7. The third-order valence-electron chi connectivity index (χ3n) is 3.10. The second-order valence-corrected chi connectivity index (χ2v) is 4.50. The van der Waals surface area contributed by atoms with E-state index in [1.807, 2.05) is 6.92 Å². The van der Waals surface area contributed by atoms with Gasteiger partial charge < -0.3 is 15.4 Å². The van der Waals surface area contributed by atoms with Crippen molar-refractivity contribution in [3.8, 4) is 0 Å². The average molecular weight is 241 g/mol. The second kappa shape index (κ2) is 7.14. The van der Waals surface area contributed by atoms with Gasteiger partial charge in [0.25, 0.3) is 0 Å². The van der Waals surface area contributed by atoms with Gasteiger partial charge in [0.1, 0.15) is 0 Å². The lowest BCUT2D eigenvalue weighted by Gasteiger charge is -2.18. The number of aliphatic imine (C=N–C) groups is 1. The Balaban J connectivity index is 2.29. The molecule has 1 saturated carbocycles. The predicted octanol–water partition coefficient (Wildman–Crippen LogP) is 0.903. The Morgan fingerprint density at radius 2 is 2.12 bits per heavy atom. The van der Waals surface area contributed by atoms with Crippen molar-refractivity contribution in [2.45, 2.75) is 38.6 Å². The number of nitrogens with zero attached hydrogens (tertiary/aromatic N) is 1. The van der Waals surface area contributed by atoms with Gasteiger partial charge in [-0.05, 0) is 12.8 Å². The number of hydrogen-bond donors (Lipinski definition) is 2. The van der Waals surface area contributed by atoms with Crippen LogP contribution in [-0.2, 0) is 9.53 Å². The largest absolute Gasteiger partial charge is 0.469 e. The fraction of sp³-hybridized carbons (Fsp3) is 0.833. The minimum Gasteiger partial charge on any atom is -0.469 e. The van der Waals surface area contributed by atoms with E-state index in [0.717, 1.165) is 5.96 Å². The SMILES string of the molecule is CN=C(NCC(C)C(=O)OC)NC1CCCC1. The quantitative estimate of drug-likeness (QED) is 0.436. The molecular formula is C12H23N3O2. The molecule has 0 amide bonds. The van der Waals surface area contributed by atoms with Gasteiger partial charge in [-0.25, -0.2) is 0 Å². The number of guanidine groups is 1. The number of carbonyl (C=O) groups is 1. The van der Waals surface area contributed by atoms with Gasteiger partial charge in [-0.1, -0.05) is 19.8 Å². The molecule has 1 rings (SSSR count). The van der Waals surface area contributed by atoms with E-state index in [1.165, 1.54) is 32.8 Å². The number of rotatable bonds is 4. The Morgan fingerprint density at radius 1 is 1.47 bits per heavy atom. The standard InChI is InChI=1S/C12H23N3O2/c1-9(11(16)17-3)8-14-12(13-2)15-10-6-4-5-7-10/h9-10H,4-8H2,1-3H3,(H2,13,14,15). The van der Waals surface area contributed by atoms with Gasteiger partial charge in [0.05, 0.1) is 13.0 Å². The average Bonchev–Trinajstić information content (AvgIpc) is 2.85. The van der Waals surface area contributed by atoms with Gasteiger partial charge in [0, 0.05) is 19.6 Å². The summed E-state index contributed by atoms with van der Waals surface area (Å²) in [4.78, 5) is 15.4. The van der Waals surface area contributed by atoms with E-state index in [2.05, 4.69) is 20.4 Å². The Kier molecular flexibility index (Phi) is 5.80. The summed E-state index contributed by atoms with van der Waals surface area (Å²) >= 11 is 0. The first-order valence-corrected chi connectivity index (χ1v) is 6.22. The lowest BCUT2D eigenvalue weighted by Crippen LogP contribution is -2.44. The summed E-state index contributed by atoms with van der Waals surface area (Å²) in [7, 11) is 3.15. The summed E-state index contributed by atoms with van der Waals surface area (Å²) in [5.74, 6) is 0.406. The molecule has 0 bridgehead atoms. The number of carbonyl (C=O) groups excluding carboxylic acids is 1. The van der Waals surface area contributed by atoms with E-state index < -0.39 is 0 Å². The van der Waals surface area contributed by atoms with Crippen molar-refractivity contribution < 1.29 is 9.53 Å². The molecule has 0 heterocycles. The van der Waals surface area contributed by atoms with E-state index in [4.69, 9.17) is 0 Å². The molecule has 5 heteroatoms. The molecule has 17 heavy (non-hydrogen) atoms. The second-order valence-electron chi connectivity index (χ2n) is 4.50. The molecule has 0 aromatic heterocycles. The first kappa shape index (κ1) is 13.8. The molecule has 1 aliphatic rings. The summed E-state index contributed by atoms with van der Waals surface area (Å²) in [6.45, 7) is 2.38. The lowest BCUT2D eigenvalue weighted by molar-refractivity contribution is -0.144. The molecule has 1 atom stereocenters. The summed E-state index contributed by atoms with van der Waals surface area (Å²) in [5, 5.41) is 6.51. The van der Waals surface area contributed by atoms with Crippen LogP contribution in [0.4, 0.5) is 0 Å². The third kappa shape index (κ3) is 4.63. The highest BCUT2D eigenvalue weighted by atomic mass is 16.5. The van der Waals surface area contributed by atoms with Crippen LogP contribution in [0.25, 0.3) is 0 Å². The van der Waals surface area contributed by atoms with E-state index in [-0.39, 0.29) is 11.9 Å². The molecule has 0 saturated heterocycles. The van der Waals surface area contributed by atoms with Crippen LogP contribution in [0.3, 0.4) is 0 Å². The minimum absolute atomic E-state index is 0.165. The maximum absolute atomic E-state index is 11.2. The number of hydrogen-bond acceptors (Lipinski definition) is 3. The molecule has 5 nitrogen and oxygen atoms in total. The van der Waals surface area contributed by atoms with E-state index >= 15 is 0 Å². The molecule has 2 N–H and O–H groups in total. The molecule has 98 valence electrons. The van der Waals surface area contributed by atoms with Crippen molar-refractivity contribution in [2.75, 3.05) is 20.7 Å².